The third-order valence-corrected chi connectivity index (χ3v) is 5.02. The normalized spacial score (nSPS) is 14.1. The molecule has 1 fully saturated rings. The highest BCUT2D eigenvalue weighted by Gasteiger charge is 2.23. The van der Waals surface area contributed by atoms with Gasteiger partial charge in [-0.25, -0.2) is 0 Å². The summed E-state index contributed by atoms with van der Waals surface area (Å²) in [6.45, 7) is 7.15. The monoisotopic (exact) mass is 365 g/mol. The summed E-state index contributed by atoms with van der Waals surface area (Å²) in [7, 11) is 0. The van der Waals surface area contributed by atoms with Crippen LogP contribution in [-0.4, -0.2) is 54.3 Å². The van der Waals surface area contributed by atoms with Crippen molar-refractivity contribution in [1.82, 2.24) is 9.80 Å². The van der Waals surface area contributed by atoms with Gasteiger partial charge in [-0.2, -0.15) is 0 Å². The number of amides is 2. The Morgan fingerprint density at radius 3 is 2.15 bits per heavy atom. The van der Waals surface area contributed by atoms with Crippen molar-refractivity contribution in [2.24, 2.45) is 0 Å². The Labute approximate surface area is 161 Å². The minimum Gasteiger partial charge on any atom is -0.368 e. The molecule has 1 aliphatic heterocycles. The number of para-hydroxylation sites is 1. The summed E-state index contributed by atoms with van der Waals surface area (Å²) in [5.41, 5.74) is 3.41. The molecular weight excluding hydrogens is 338 g/mol. The van der Waals surface area contributed by atoms with E-state index in [2.05, 4.69) is 17.0 Å². The zero-order valence-electron chi connectivity index (χ0n) is 16.1. The fourth-order valence-corrected chi connectivity index (χ4v) is 3.31. The van der Waals surface area contributed by atoms with E-state index in [0.717, 1.165) is 18.7 Å². The Morgan fingerprint density at radius 1 is 0.926 bits per heavy atom. The van der Waals surface area contributed by atoms with E-state index in [-0.39, 0.29) is 18.4 Å². The maximum atomic E-state index is 12.7. The van der Waals surface area contributed by atoms with Gasteiger partial charge in [-0.3, -0.25) is 9.59 Å². The number of hydrogen-bond donors (Lipinski definition) is 0. The van der Waals surface area contributed by atoms with Crippen LogP contribution in [0.4, 0.5) is 5.69 Å². The van der Waals surface area contributed by atoms with E-state index in [9.17, 15) is 9.59 Å². The van der Waals surface area contributed by atoms with E-state index >= 15 is 0 Å². The van der Waals surface area contributed by atoms with Crippen LogP contribution < -0.4 is 4.90 Å². The van der Waals surface area contributed by atoms with Crippen LogP contribution in [0.3, 0.4) is 0 Å². The predicted molar refractivity (Wildman–Crippen MR) is 108 cm³/mol. The Hall–Kier alpha value is -2.82. The summed E-state index contributed by atoms with van der Waals surface area (Å²) in [5.74, 6) is -0.0585. The smallest absolute Gasteiger partial charge is 0.242 e. The molecule has 0 unspecified atom stereocenters. The summed E-state index contributed by atoms with van der Waals surface area (Å²) in [5, 5.41) is 0. The number of aryl methyl sites for hydroxylation is 1. The molecule has 0 bridgehead atoms. The predicted octanol–water partition coefficient (Wildman–Crippen LogP) is 2.69. The first-order valence-corrected chi connectivity index (χ1v) is 9.42. The van der Waals surface area contributed by atoms with Gasteiger partial charge in [0.2, 0.25) is 11.8 Å². The molecule has 5 nitrogen and oxygen atoms in total. The number of nitrogens with zero attached hydrogens (tertiary/aromatic N) is 3. The molecule has 1 saturated heterocycles. The van der Waals surface area contributed by atoms with Gasteiger partial charge in [0, 0.05) is 45.3 Å². The Bertz CT molecular complexity index is 766. The van der Waals surface area contributed by atoms with Gasteiger partial charge in [0.1, 0.15) is 6.54 Å². The van der Waals surface area contributed by atoms with Gasteiger partial charge >= 0.3 is 0 Å². The zero-order valence-corrected chi connectivity index (χ0v) is 16.1. The van der Waals surface area contributed by atoms with Crippen molar-refractivity contribution in [2.45, 2.75) is 20.4 Å². The molecule has 0 atom stereocenters. The van der Waals surface area contributed by atoms with E-state index < -0.39 is 0 Å². The molecule has 2 amide bonds. The van der Waals surface area contributed by atoms with Gasteiger partial charge < -0.3 is 14.7 Å². The minimum atomic E-state index is -0.0770. The number of piperazine rings is 1. The second kappa shape index (κ2) is 8.71. The van der Waals surface area contributed by atoms with Crippen molar-refractivity contribution in [3.63, 3.8) is 0 Å². The Balaban J connectivity index is 1.55. The number of carbonyl (C=O) groups excluding carboxylic acids is 2. The van der Waals surface area contributed by atoms with Crippen LogP contribution in [0, 0.1) is 6.92 Å². The lowest BCUT2D eigenvalue weighted by molar-refractivity contribution is -0.140. The lowest BCUT2D eigenvalue weighted by Crippen LogP contribution is -2.51. The fourth-order valence-electron chi connectivity index (χ4n) is 3.31. The van der Waals surface area contributed by atoms with Gasteiger partial charge in [0.15, 0.2) is 0 Å². The first-order valence-electron chi connectivity index (χ1n) is 9.42. The van der Waals surface area contributed by atoms with Gasteiger partial charge in [0.25, 0.3) is 0 Å². The molecule has 0 saturated carbocycles. The quantitative estimate of drug-likeness (QED) is 0.818. The lowest BCUT2D eigenvalue weighted by Gasteiger charge is -2.37. The van der Waals surface area contributed by atoms with Crippen LogP contribution in [0.5, 0.6) is 0 Å². The van der Waals surface area contributed by atoms with Crippen molar-refractivity contribution in [3.8, 4) is 0 Å². The van der Waals surface area contributed by atoms with Crippen molar-refractivity contribution >= 4 is 17.5 Å². The molecule has 142 valence electrons. The average molecular weight is 365 g/mol. The van der Waals surface area contributed by atoms with Crippen LogP contribution >= 0.6 is 0 Å². The van der Waals surface area contributed by atoms with Gasteiger partial charge in [0.05, 0.1) is 0 Å². The summed E-state index contributed by atoms with van der Waals surface area (Å²) in [4.78, 5) is 30.5. The van der Waals surface area contributed by atoms with E-state index in [4.69, 9.17) is 0 Å². The molecule has 1 aliphatic rings. The van der Waals surface area contributed by atoms with Crippen LogP contribution in [0.2, 0.25) is 0 Å². The van der Waals surface area contributed by atoms with Crippen LogP contribution in [-0.2, 0) is 16.1 Å². The number of anilines is 1. The molecule has 0 aromatic heterocycles. The third-order valence-electron chi connectivity index (χ3n) is 5.02. The highest BCUT2D eigenvalue weighted by molar-refractivity contribution is 5.84. The van der Waals surface area contributed by atoms with Crippen LogP contribution in [0.15, 0.2) is 54.6 Å². The topological polar surface area (TPSA) is 43.9 Å². The molecule has 27 heavy (non-hydrogen) atoms. The fraction of sp³-hybridized carbons (Fsp3) is 0.364. The van der Waals surface area contributed by atoms with Crippen molar-refractivity contribution < 1.29 is 9.59 Å². The van der Waals surface area contributed by atoms with Crippen molar-refractivity contribution in [2.75, 3.05) is 37.6 Å². The summed E-state index contributed by atoms with van der Waals surface area (Å²) >= 11 is 0. The van der Waals surface area contributed by atoms with E-state index in [1.165, 1.54) is 18.2 Å². The Kier molecular flexibility index (Phi) is 6.12. The van der Waals surface area contributed by atoms with Gasteiger partial charge in [-0.05, 0) is 24.6 Å². The second-order valence-corrected chi connectivity index (χ2v) is 7.06. The first-order chi connectivity index (χ1) is 13.0. The highest BCUT2D eigenvalue weighted by Crippen LogP contribution is 2.16. The molecule has 0 radical (unpaired) electrons. The SMILES string of the molecule is CC(=O)N(CC(=O)N1CCN(c2ccccc2)CC1)Cc1ccc(C)cc1. The van der Waals surface area contributed by atoms with Crippen LogP contribution in [0.25, 0.3) is 0 Å². The van der Waals surface area contributed by atoms with Gasteiger partial charge in [-0.15, -0.1) is 0 Å². The lowest BCUT2D eigenvalue weighted by atomic mass is 10.1. The number of rotatable bonds is 5. The molecule has 2 aromatic rings. The second-order valence-electron chi connectivity index (χ2n) is 7.06. The van der Waals surface area contributed by atoms with Crippen molar-refractivity contribution in [3.05, 3.63) is 65.7 Å². The molecule has 0 aliphatic carbocycles. The summed E-state index contributed by atoms with van der Waals surface area (Å²) in [6, 6.07) is 18.3. The first kappa shape index (κ1) is 19.0. The average Bonchev–Trinajstić information content (AvgIpc) is 2.69. The number of hydrogen-bond acceptors (Lipinski definition) is 3. The van der Waals surface area contributed by atoms with Gasteiger partial charge in [-0.1, -0.05) is 48.0 Å². The molecule has 3 rings (SSSR count). The Morgan fingerprint density at radius 2 is 1.56 bits per heavy atom. The largest absolute Gasteiger partial charge is 0.368 e. The molecule has 1 heterocycles. The standard InChI is InChI=1S/C22H27N3O2/c1-18-8-10-20(11-9-18)16-25(19(2)26)17-22(27)24-14-12-23(13-15-24)21-6-4-3-5-7-21/h3-11H,12-17H2,1-2H3. The summed E-state index contributed by atoms with van der Waals surface area (Å²) < 4.78 is 0. The maximum absolute atomic E-state index is 12.7. The number of benzene rings is 2. The minimum absolute atomic E-state index is 0.0185. The molecule has 0 N–H and O–H groups in total. The van der Waals surface area contributed by atoms with E-state index in [1.807, 2.05) is 54.3 Å². The molecule has 2 aromatic carbocycles. The molecular formula is C22H27N3O2. The highest BCUT2D eigenvalue weighted by atomic mass is 16.2. The van der Waals surface area contributed by atoms with E-state index in [0.29, 0.717) is 19.6 Å². The summed E-state index contributed by atoms with van der Waals surface area (Å²) in [6.07, 6.45) is 0. The van der Waals surface area contributed by atoms with Crippen LogP contribution in [0.1, 0.15) is 18.1 Å². The molecule has 0 spiro atoms. The molecule has 5 heteroatoms. The van der Waals surface area contributed by atoms with E-state index in [1.54, 1.807) is 4.90 Å². The van der Waals surface area contributed by atoms with Crippen molar-refractivity contribution in [1.29, 1.82) is 0 Å². The zero-order chi connectivity index (χ0) is 19.2. The third kappa shape index (κ3) is 5.09. The number of carbonyl (C=O) groups is 2. The maximum Gasteiger partial charge on any atom is 0.242 e.